The fourth-order valence-electron chi connectivity index (χ4n) is 7.31. The molecule has 0 radical (unpaired) electrons. The molecule has 7 heteroatoms. The van der Waals surface area contributed by atoms with Gasteiger partial charge in [0.1, 0.15) is 11.5 Å². The third kappa shape index (κ3) is 4.08. The van der Waals surface area contributed by atoms with E-state index >= 15 is 0 Å². The maximum atomic E-state index is 13.4. The van der Waals surface area contributed by atoms with Crippen LogP contribution in [0.1, 0.15) is 48.9 Å². The number of hydrogen-bond acceptors (Lipinski definition) is 4. The lowest BCUT2D eigenvalue weighted by atomic mass is 9.49. The van der Waals surface area contributed by atoms with E-state index in [9.17, 15) is 9.59 Å². The van der Waals surface area contributed by atoms with Gasteiger partial charge in [0, 0.05) is 29.2 Å². The van der Waals surface area contributed by atoms with Gasteiger partial charge < -0.3 is 15.6 Å². The van der Waals surface area contributed by atoms with Crippen LogP contribution in [-0.2, 0) is 4.79 Å². The summed E-state index contributed by atoms with van der Waals surface area (Å²) in [5.74, 6) is 2.70. The number of nitrogens with one attached hydrogen (secondary N) is 3. The summed E-state index contributed by atoms with van der Waals surface area (Å²) in [6.07, 6.45) is 10.4. The van der Waals surface area contributed by atoms with Crippen LogP contribution in [0.5, 0.6) is 0 Å². The molecular weight excluding hydrogens is 462 g/mol. The molecule has 37 heavy (non-hydrogen) atoms. The lowest BCUT2D eigenvalue weighted by Crippen LogP contribution is -2.51. The summed E-state index contributed by atoms with van der Waals surface area (Å²) in [6.45, 7) is 0. The van der Waals surface area contributed by atoms with Crippen LogP contribution in [0.2, 0.25) is 0 Å². The van der Waals surface area contributed by atoms with Crippen LogP contribution in [0.4, 0.5) is 11.5 Å². The van der Waals surface area contributed by atoms with Crippen LogP contribution in [0.15, 0.2) is 67.0 Å². The van der Waals surface area contributed by atoms with Crippen molar-refractivity contribution >= 4 is 34.4 Å². The van der Waals surface area contributed by atoms with Gasteiger partial charge in [-0.05, 0) is 98.2 Å². The molecule has 3 N–H and O–H groups in total. The summed E-state index contributed by atoms with van der Waals surface area (Å²) in [6, 6.07) is 17.1. The molecule has 3 aromatic heterocycles. The minimum Gasteiger partial charge on any atom is -0.339 e. The molecular formula is C30H29N5O2. The zero-order valence-electron chi connectivity index (χ0n) is 20.5. The SMILES string of the molecule is O=C(Nc1ccccn1)c1cnc2[nH]c(-c3ccc(NC(=O)C45CC6CC(CC(C6)C4)C5)cc3)cc2c1. The van der Waals surface area contributed by atoms with Crippen molar-refractivity contribution in [2.45, 2.75) is 38.5 Å². The Labute approximate surface area is 215 Å². The Kier molecular flexibility index (Phi) is 5.13. The fourth-order valence-corrected chi connectivity index (χ4v) is 7.31. The van der Waals surface area contributed by atoms with E-state index in [1.807, 2.05) is 42.5 Å². The van der Waals surface area contributed by atoms with E-state index in [-0.39, 0.29) is 17.2 Å². The molecule has 7 nitrogen and oxygen atoms in total. The highest BCUT2D eigenvalue weighted by Gasteiger charge is 2.54. The van der Waals surface area contributed by atoms with E-state index < -0.39 is 0 Å². The predicted octanol–water partition coefficient (Wildman–Crippen LogP) is 6.03. The van der Waals surface area contributed by atoms with Gasteiger partial charge in [0.15, 0.2) is 0 Å². The van der Waals surface area contributed by atoms with E-state index in [1.54, 1.807) is 24.5 Å². The topological polar surface area (TPSA) is 99.8 Å². The Bertz CT molecular complexity index is 1460. The van der Waals surface area contributed by atoms with Gasteiger partial charge in [-0.1, -0.05) is 18.2 Å². The van der Waals surface area contributed by atoms with Crippen LogP contribution in [0.25, 0.3) is 22.3 Å². The quantitative estimate of drug-likeness (QED) is 0.317. The molecule has 0 saturated heterocycles. The molecule has 4 aliphatic rings. The number of aromatic nitrogens is 3. The minimum absolute atomic E-state index is 0.156. The molecule has 4 fully saturated rings. The fraction of sp³-hybridized carbons (Fsp3) is 0.333. The van der Waals surface area contributed by atoms with Gasteiger partial charge >= 0.3 is 0 Å². The van der Waals surface area contributed by atoms with E-state index in [0.717, 1.165) is 59.3 Å². The average molecular weight is 492 g/mol. The first-order chi connectivity index (χ1) is 18.0. The number of anilines is 2. The monoisotopic (exact) mass is 491 g/mol. The van der Waals surface area contributed by atoms with Crippen molar-refractivity contribution in [2.75, 3.05) is 10.6 Å². The summed E-state index contributed by atoms with van der Waals surface area (Å²) in [4.78, 5) is 37.9. The number of amides is 2. The standard InChI is InChI=1S/C30H29N5O2/c36-28(35-26-3-1-2-8-31-26)23-12-22-13-25(34-27(22)32-17-23)21-4-6-24(7-5-21)33-29(37)30-14-18-9-19(15-30)11-20(10-18)16-30/h1-8,12-13,17-20H,9-11,14-16H2,(H,32,34)(H,33,37)(H,31,35,36). The van der Waals surface area contributed by atoms with Gasteiger partial charge in [0.05, 0.1) is 11.0 Å². The van der Waals surface area contributed by atoms with Crippen LogP contribution in [0.3, 0.4) is 0 Å². The van der Waals surface area contributed by atoms with Gasteiger partial charge in [-0.3, -0.25) is 9.59 Å². The summed E-state index contributed by atoms with van der Waals surface area (Å²) in [7, 11) is 0. The Balaban J connectivity index is 1.06. The number of nitrogens with zero attached hydrogens (tertiary/aromatic N) is 2. The summed E-state index contributed by atoms with van der Waals surface area (Å²) in [5, 5.41) is 6.87. The number of carbonyl (C=O) groups is 2. The normalized spacial score (nSPS) is 25.8. The van der Waals surface area contributed by atoms with Crippen LogP contribution in [0, 0.1) is 23.2 Å². The molecule has 0 aliphatic heterocycles. The van der Waals surface area contributed by atoms with Crippen LogP contribution >= 0.6 is 0 Å². The van der Waals surface area contributed by atoms with Crippen molar-refractivity contribution in [3.63, 3.8) is 0 Å². The summed E-state index contributed by atoms with van der Waals surface area (Å²) >= 11 is 0. The van der Waals surface area contributed by atoms with Crippen molar-refractivity contribution in [2.24, 2.45) is 23.2 Å². The number of rotatable bonds is 5. The number of H-pyrrole nitrogens is 1. The first-order valence-electron chi connectivity index (χ1n) is 13.2. The van der Waals surface area contributed by atoms with Crippen molar-refractivity contribution in [1.29, 1.82) is 0 Å². The molecule has 4 saturated carbocycles. The van der Waals surface area contributed by atoms with Gasteiger partial charge in [-0.2, -0.15) is 0 Å². The number of carbonyl (C=O) groups excluding carboxylic acids is 2. The first kappa shape index (κ1) is 22.2. The second kappa shape index (κ2) is 8.54. The Morgan fingerprint density at radius 2 is 1.59 bits per heavy atom. The number of hydrogen-bond donors (Lipinski definition) is 3. The number of aromatic amines is 1. The molecule has 3 heterocycles. The first-order valence-corrected chi connectivity index (χ1v) is 13.2. The molecule has 186 valence electrons. The third-order valence-corrected chi connectivity index (χ3v) is 8.61. The molecule has 4 aliphatic carbocycles. The molecule has 4 bridgehead atoms. The van der Waals surface area contributed by atoms with Gasteiger partial charge in [0.25, 0.3) is 5.91 Å². The Morgan fingerprint density at radius 1 is 0.865 bits per heavy atom. The number of pyridine rings is 2. The highest BCUT2D eigenvalue weighted by molar-refractivity contribution is 6.05. The number of fused-ring (bicyclic) bond motifs is 1. The second-order valence-electron chi connectivity index (χ2n) is 11.2. The molecule has 8 rings (SSSR count). The van der Waals surface area contributed by atoms with E-state index in [2.05, 4.69) is 25.6 Å². The molecule has 1 aromatic carbocycles. The minimum atomic E-state index is -0.255. The van der Waals surface area contributed by atoms with Gasteiger partial charge in [-0.25, -0.2) is 9.97 Å². The summed E-state index contributed by atoms with van der Waals surface area (Å²) < 4.78 is 0. The van der Waals surface area contributed by atoms with Crippen molar-refractivity contribution in [3.05, 3.63) is 72.6 Å². The van der Waals surface area contributed by atoms with E-state index in [4.69, 9.17) is 0 Å². The van der Waals surface area contributed by atoms with Crippen LogP contribution in [-0.4, -0.2) is 26.8 Å². The van der Waals surface area contributed by atoms with Crippen molar-refractivity contribution in [3.8, 4) is 11.3 Å². The molecule has 0 unspecified atom stereocenters. The Morgan fingerprint density at radius 3 is 2.27 bits per heavy atom. The molecule has 4 aromatic rings. The Hall–Kier alpha value is -4.00. The second-order valence-corrected chi connectivity index (χ2v) is 11.2. The molecule has 0 spiro atoms. The van der Waals surface area contributed by atoms with Crippen molar-refractivity contribution < 1.29 is 9.59 Å². The maximum absolute atomic E-state index is 13.4. The number of benzene rings is 1. The highest BCUT2D eigenvalue weighted by Crippen LogP contribution is 2.60. The highest BCUT2D eigenvalue weighted by atomic mass is 16.2. The average Bonchev–Trinajstić information content (AvgIpc) is 3.32. The van der Waals surface area contributed by atoms with Gasteiger partial charge in [0.2, 0.25) is 5.91 Å². The zero-order chi connectivity index (χ0) is 25.0. The maximum Gasteiger partial charge on any atom is 0.258 e. The third-order valence-electron chi connectivity index (χ3n) is 8.61. The van der Waals surface area contributed by atoms with Crippen molar-refractivity contribution in [1.82, 2.24) is 15.0 Å². The lowest BCUT2D eigenvalue weighted by Gasteiger charge is -2.55. The molecule has 0 atom stereocenters. The van der Waals surface area contributed by atoms with Gasteiger partial charge in [-0.15, -0.1) is 0 Å². The lowest BCUT2D eigenvalue weighted by molar-refractivity contribution is -0.140. The molecule has 2 amide bonds. The summed E-state index contributed by atoms with van der Waals surface area (Å²) in [5.41, 5.74) is 3.76. The van der Waals surface area contributed by atoms with E-state index in [0.29, 0.717) is 17.0 Å². The zero-order valence-corrected chi connectivity index (χ0v) is 20.5. The predicted molar refractivity (Wildman–Crippen MR) is 143 cm³/mol. The smallest absolute Gasteiger partial charge is 0.258 e. The van der Waals surface area contributed by atoms with E-state index in [1.165, 1.54) is 19.3 Å². The largest absolute Gasteiger partial charge is 0.339 e. The van der Waals surface area contributed by atoms with Crippen LogP contribution < -0.4 is 10.6 Å².